The number of aryl methyl sites for hydroxylation is 1. The average molecular weight is 578 g/mol. The average Bonchev–Trinajstić information content (AvgIpc) is 3.60. The molecule has 1 atom stereocenters. The van der Waals surface area contributed by atoms with Crippen molar-refractivity contribution in [2.75, 3.05) is 7.11 Å². The molecule has 1 unspecified atom stereocenters. The number of hydrogen-bond donors (Lipinski definition) is 0. The number of aromatic nitrogens is 6. The molecule has 0 aliphatic carbocycles. The third-order valence-corrected chi connectivity index (χ3v) is 7.42. The Morgan fingerprint density at radius 2 is 1.76 bits per heavy atom. The minimum atomic E-state index is -0.343. The van der Waals surface area contributed by atoms with E-state index >= 15 is 0 Å². The molecule has 0 saturated heterocycles. The van der Waals surface area contributed by atoms with Crippen LogP contribution < -0.4 is 9.47 Å². The maximum atomic E-state index is 6.49. The van der Waals surface area contributed by atoms with E-state index in [-0.39, 0.29) is 12.5 Å². The van der Waals surface area contributed by atoms with E-state index in [4.69, 9.17) is 36.0 Å². The lowest BCUT2D eigenvalue weighted by Crippen LogP contribution is -2.16. The second-order valence-corrected chi connectivity index (χ2v) is 10.0. The molecule has 0 radical (unpaired) electrons. The van der Waals surface area contributed by atoms with Gasteiger partial charge in [-0.1, -0.05) is 71.4 Å². The van der Waals surface area contributed by atoms with Crippen molar-refractivity contribution in [3.8, 4) is 23.2 Å². The summed E-state index contributed by atoms with van der Waals surface area (Å²) in [5.74, 6) is 1.83. The summed E-state index contributed by atoms with van der Waals surface area (Å²) in [6, 6.07) is 25.1. The third kappa shape index (κ3) is 4.42. The van der Waals surface area contributed by atoms with Gasteiger partial charge < -0.3 is 14.3 Å². The summed E-state index contributed by atoms with van der Waals surface area (Å²) >= 11 is 6.20. The second kappa shape index (κ2) is 10.6. The predicted molar refractivity (Wildman–Crippen MR) is 157 cm³/mol. The smallest absolute Gasteiger partial charge is 0.230 e. The van der Waals surface area contributed by atoms with Gasteiger partial charge in [0.05, 0.1) is 41.8 Å². The van der Waals surface area contributed by atoms with E-state index in [1.54, 1.807) is 30.2 Å². The van der Waals surface area contributed by atoms with Crippen molar-refractivity contribution in [1.29, 1.82) is 0 Å². The molecule has 3 aromatic carbocycles. The molecule has 7 rings (SSSR count). The molecule has 0 spiro atoms. The number of benzene rings is 3. The van der Waals surface area contributed by atoms with E-state index in [1.807, 2.05) is 84.4 Å². The number of oxime groups is 1. The van der Waals surface area contributed by atoms with Crippen LogP contribution in [-0.2, 0) is 11.4 Å². The lowest BCUT2D eigenvalue weighted by atomic mass is 9.84. The number of rotatable bonds is 7. The van der Waals surface area contributed by atoms with Gasteiger partial charge in [-0.15, -0.1) is 5.10 Å². The monoisotopic (exact) mass is 577 g/mol. The highest BCUT2D eigenvalue weighted by Crippen LogP contribution is 2.51. The first-order valence-electron chi connectivity index (χ1n) is 13.2. The fourth-order valence-electron chi connectivity index (χ4n) is 5.21. The number of para-hydroxylation sites is 2. The van der Waals surface area contributed by atoms with Gasteiger partial charge in [0.2, 0.25) is 11.8 Å². The summed E-state index contributed by atoms with van der Waals surface area (Å²) in [5.41, 5.74) is 5.61. The molecule has 42 heavy (non-hydrogen) atoms. The topological polar surface area (TPSA) is 101 Å². The van der Waals surface area contributed by atoms with Crippen molar-refractivity contribution in [2.45, 2.75) is 19.4 Å². The van der Waals surface area contributed by atoms with Crippen molar-refractivity contribution in [2.24, 2.45) is 5.16 Å². The first kappa shape index (κ1) is 25.7. The molecular weight excluding hydrogens is 554 g/mol. The molecule has 0 amide bonds. The fourth-order valence-corrected chi connectivity index (χ4v) is 5.40. The molecule has 208 valence electrons. The van der Waals surface area contributed by atoms with Gasteiger partial charge in [-0.2, -0.15) is 5.10 Å². The van der Waals surface area contributed by atoms with Crippen LogP contribution in [0.15, 0.2) is 90.3 Å². The molecule has 6 aromatic rings. The molecule has 1 aliphatic rings. The molecule has 10 nitrogen and oxygen atoms in total. The Kier molecular flexibility index (Phi) is 6.52. The highest BCUT2D eigenvalue weighted by Gasteiger charge is 2.39. The quantitative estimate of drug-likeness (QED) is 0.166. The minimum absolute atomic E-state index is 0.0494. The zero-order valence-corrected chi connectivity index (χ0v) is 23.4. The van der Waals surface area contributed by atoms with Crippen molar-refractivity contribution in [3.63, 3.8) is 0 Å². The van der Waals surface area contributed by atoms with Gasteiger partial charge in [0.1, 0.15) is 12.1 Å². The van der Waals surface area contributed by atoms with E-state index in [9.17, 15) is 0 Å². The summed E-state index contributed by atoms with van der Waals surface area (Å²) in [6.45, 7) is 2.02. The van der Waals surface area contributed by atoms with Gasteiger partial charge in [0.25, 0.3) is 0 Å². The number of methoxy groups -OCH3 is 1. The van der Waals surface area contributed by atoms with Crippen LogP contribution in [-0.4, -0.2) is 42.7 Å². The molecule has 0 bridgehead atoms. The van der Waals surface area contributed by atoms with Gasteiger partial charge in [0, 0.05) is 16.1 Å². The van der Waals surface area contributed by atoms with E-state index in [0.717, 1.165) is 39.4 Å². The molecule has 3 aromatic heterocycles. The Hall–Kier alpha value is -5.22. The van der Waals surface area contributed by atoms with Crippen LogP contribution in [0.3, 0.4) is 0 Å². The van der Waals surface area contributed by atoms with Gasteiger partial charge in [0.15, 0.2) is 18.1 Å². The molecular formula is C31H24ClN7O3. The SMILES string of the molecule is COc1ccccc1C1c2c(C)nn(-c3ccccc3)c2Oc2ncn3nc(CO/N=C/c4ccccc4Cl)nc3c21. The second-order valence-electron chi connectivity index (χ2n) is 9.62. The van der Waals surface area contributed by atoms with Crippen molar-refractivity contribution >= 4 is 23.5 Å². The van der Waals surface area contributed by atoms with Crippen LogP contribution in [0.1, 0.15) is 39.7 Å². The maximum Gasteiger partial charge on any atom is 0.230 e. The van der Waals surface area contributed by atoms with Crippen molar-refractivity contribution < 1.29 is 14.3 Å². The van der Waals surface area contributed by atoms with E-state index in [2.05, 4.69) is 15.2 Å². The van der Waals surface area contributed by atoms with Gasteiger partial charge in [-0.3, -0.25) is 0 Å². The maximum absolute atomic E-state index is 6.49. The first-order chi connectivity index (χ1) is 20.6. The lowest BCUT2D eigenvalue weighted by molar-refractivity contribution is 0.126. The summed E-state index contributed by atoms with van der Waals surface area (Å²) in [7, 11) is 1.66. The van der Waals surface area contributed by atoms with Crippen molar-refractivity contribution in [3.05, 3.63) is 124 Å². The molecule has 11 heteroatoms. The summed E-state index contributed by atoms with van der Waals surface area (Å²) in [4.78, 5) is 15.0. The lowest BCUT2D eigenvalue weighted by Gasteiger charge is -2.27. The van der Waals surface area contributed by atoms with Crippen LogP contribution in [0.4, 0.5) is 0 Å². The van der Waals surface area contributed by atoms with Gasteiger partial charge in [-0.25, -0.2) is 19.2 Å². The zero-order valence-electron chi connectivity index (χ0n) is 22.7. The van der Waals surface area contributed by atoms with Crippen molar-refractivity contribution in [1.82, 2.24) is 29.4 Å². The predicted octanol–water partition coefficient (Wildman–Crippen LogP) is 6.12. The number of fused-ring (bicyclic) bond motifs is 4. The number of hydrogen-bond acceptors (Lipinski definition) is 8. The van der Waals surface area contributed by atoms with E-state index < -0.39 is 0 Å². The Bertz CT molecular complexity index is 1950. The van der Waals surface area contributed by atoms with Gasteiger partial charge in [-0.05, 0) is 31.2 Å². The Balaban J connectivity index is 1.32. The third-order valence-electron chi connectivity index (χ3n) is 7.08. The molecule has 0 N–H and O–H groups in total. The summed E-state index contributed by atoms with van der Waals surface area (Å²) in [6.07, 6.45) is 3.14. The van der Waals surface area contributed by atoms with Crippen LogP contribution in [0.25, 0.3) is 11.3 Å². The van der Waals surface area contributed by atoms with E-state index in [1.165, 1.54) is 0 Å². The van der Waals surface area contributed by atoms with Crippen LogP contribution >= 0.6 is 11.6 Å². The summed E-state index contributed by atoms with van der Waals surface area (Å²) in [5, 5.41) is 14.1. The number of ether oxygens (including phenoxy) is 2. The zero-order chi connectivity index (χ0) is 28.6. The molecule has 4 heterocycles. The largest absolute Gasteiger partial charge is 0.496 e. The molecule has 1 aliphatic heterocycles. The molecule has 0 saturated carbocycles. The Labute approximate surface area is 245 Å². The minimum Gasteiger partial charge on any atom is -0.496 e. The highest BCUT2D eigenvalue weighted by atomic mass is 35.5. The van der Waals surface area contributed by atoms with Crippen LogP contribution in [0, 0.1) is 6.92 Å². The highest BCUT2D eigenvalue weighted by molar-refractivity contribution is 6.33. The summed E-state index contributed by atoms with van der Waals surface area (Å²) < 4.78 is 15.7. The standard InChI is InChI=1S/C31H24ClN7O3/c1-19-26-27(22-13-7-9-15-24(22)40-2)28-29-35-25(17-41-34-16-20-10-6-8-14-23(20)32)37-38(29)18-33-30(28)42-31(26)39(36-19)21-11-4-3-5-12-21/h3-16,18,27H,17H2,1-2H3/b34-16+. The van der Waals surface area contributed by atoms with Gasteiger partial charge >= 0.3 is 0 Å². The number of nitrogens with zero attached hydrogens (tertiary/aromatic N) is 7. The van der Waals surface area contributed by atoms with Crippen LogP contribution in [0.5, 0.6) is 17.5 Å². The molecule has 0 fully saturated rings. The van der Waals surface area contributed by atoms with E-state index in [0.29, 0.717) is 28.3 Å². The normalized spacial score (nSPS) is 14.0. The number of halogens is 1. The first-order valence-corrected chi connectivity index (χ1v) is 13.6. The Morgan fingerprint density at radius 3 is 2.60 bits per heavy atom. The Morgan fingerprint density at radius 1 is 0.976 bits per heavy atom. The van der Waals surface area contributed by atoms with Crippen LogP contribution in [0.2, 0.25) is 5.02 Å². The fraction of sp³-hybridized carbons (Fsp3) is 0.129.